The molecule has 0 N–H and O–H groups in total. The highest BCUT2D eigenvalue weighted by Gasteiger charge is 2.33. The first-order chi connectivity index (χ1) is 11.1. The summed E-state index contributed by atoms with van der Waals surface area (Å²) >= 11 is 6.49. The van der Waals surface area contributed by atoms with Crippen molar-refractivity contribution in [2.45, 2.75) is 51.1 Å². The molecule has 0 aromatic carbocycles. The summed E-state index contributed by atoms with van der Waals surface area (Å²) in [6.45, 7) is 3.94. The molecule has 0 bridgehead atoms. The van der Waals surface area contributed by atoms with Crippen LogP contribution in [0.4, 0.5) is 0 Å². The van der Waals surface area contributed by atoms with Crippen LogP contribution in [0, 0.1) is 6.92 Å². The molecule has 7 heteroatoms. The zero-order chi connectivity index (χ0) is 16.1. The van der Waals surface area contributed by atoms with Gasteiger partial charge in [-0.3, -0.25) is 9.58 Å². The van der Waals surface area contributed by atoms with E-state index in [9.17, 15) is 0 Å². The van der Waals surface area contributed by atoms with Gasteiger partial charge in [-0.05, 0) is 39.2 Å². The Morgan fingerprint density at radius 2 is 1.96 bits per heavy atom. The van der Waals surface area contributed by atoms with Crippen molar-refractivity contribution in [1.82, 2.24) is 29.4 Å². The van der Waals surface area contributed by atoms with Gasteiger partial charge in [0.05, 0.1) is 12.2 Å². The lowest BCUT2D eigenvalue weighted by atomic mass is 10.1. The minimum absolute atomic E-state index is 0.331. The molecule has 23 heavy (non-hydrogen) atoms. The molecule has 6 nitrogen and oxygen atoms in total. The first-order valence-electron chi connectivity index (χ1n) is 8.37. The number of rotatable bonds is 4. The van der Waals surface area contributed by atoms with Crippen molar-refractivity contribution >= 4 is 11.6 Å². The third kappa shape index (κ3) is 2.58. The fourth-order valence-electron chi connectivity index (χ4n) is 3.76. The van der Waals surface area contributed by atoms with Crippen LogP contribution in [0.2, 0.25) is 5.15 Å². The molecule has 4 rings (SSSR count). The third-order valence-electron chi connectivity index (χ3n) is 5.18. The topological polar surface area (TPSA) is 51.8 Å². The molecule has 2 aromatic rings. The smallest absolute Gasteiger partial charge is 0.146 e. The molecular weight excluding hydrogens is 312 g/mol. The van der Waals surface area contributed by atoms with E-state index in [-0.39, 0.29) is 0 Å². The van der Waals surface area contributed by atoms with Gasteiger partial charge in [0.15, 0.2) is 0 Å². The molecule has 1 aliphatic heterocycles. The summed E-state index contributed by atoms with van der Waals surface area (Å²) < 4.78 is 3.96. The monoisotopic (exact) mass is 334 g/mol. The summed E-state index contributed by atoms with van der Waals surface area (Å²) in [4.78, 5) is 2.47. The van der Waals surface area contributed by atoms with Crippen molar-refractivity contribution in [3.63, 3.8) is 0 Å². The molecule has 2 aromatic heterocycles. The Morgan fingerprint density at radius 3 is 2.61 bits per heavy atom. The van der Waals surface area contributed by atoms with Crippen LogP contribution in [0.25, 0.3) is 0 Å². The fraction of sp³-hybridized carbons (Fsp3) is 0.688. The maximum atomic E-state index is 6.49. The van der Waals surface area contributed by atoms with E-state index in [2.05, 4.69) is 31.8 Å². The molecule has 1 unspecified atom stereocenters. The van der Waals surface area contributed by atoms with Crippen LogP contribution in [0.3, 0.4) is 0 Å². The Bertz CT molecular complexity index is 729. The Labute approximate surface area is 141 Å². The van der Waals surface area contributed by atoms with Crippen LogP contribution < -0.4 is 0 Å². The number of likely N-dealkylation sites (tertiary alicyclic amines) is 1. The van der Waals surface area contributed by atoms with E-state index in [0.717, 1.165) is 42.0 Å². The van der Waals surface area contributed by atoms with Gasteiger partial charge in [-0.15, -0.1) is 10.2 Å². The predicted molar refractivity (Wildman–Crippen MR) is 88.3 cm³/mol. The summed E-state index contributed by atoms with van der Waals surface area (Å²) in [5, 5.41) is 14.1. The second kappa shape index (κ2) is 5.60. The fourth-order valence-corrected chi connectivity index (χ4v) is 4.06. The number of aromatic nitrogens is 5. The molecule has 0 spiro atoms. The summed E-state index contributed by atoms with van der Waals surface area (Å²) in [7, 11) is 4.00. The Kier molecular flexibility index (Phi) is 3.69. The van der Waals surface area contributed by atoms with E-state index in [0.29, 0.717) is 12.0 Å². The van der Waals surface area contributed by atoms with Gasteiger partial charge in [-0.2, -0.15) is 5.10 Å². The van der Waals surface area contributed by atoms with Crippen LogP contribution in [0.5, 0.6) is 0 Å². The van der Waals surface area contributed by atoms with E-state index in [1.54, 1.807) is 4.68 Å². The summed E-state index contributed by atoms with van der Waals surface area (Å²) in [6, 6.07) is 0.331. The van der Waals surface area contributed by atoms with Gasteiger partial charge in [0, 0.05) is 31.6 Å². The largest absolute Gasteiger partial charge is 0.317 e. The Morgan fingerprint density at radius 1 is 1.17 bits per heavy atom. The number of hydrogen-bond acceptors (Lipinski definition) is 4. The lowest BCUT2D eigenvalue weighted by molar-refractivity contribution is 0.239. The molecule has 0 amide bonds. The standard InChI is InChI=1S/C16H23ClN6/c1-10-14(15(17)22(3)20-10)12-5-4-8-23(12)9-13-18-19-16(21(13)2)11-6-7-11/h11-12H,4-9H2,1-3H3. The molecule has 2 aliphatic rings. The van der Waals surface area contributed by atoms with Crippen LogP contribution in [0.1, 0.15) is 60.5 Å². The zero-order valence-corrected chi connectivity index (χ0v) is 14.7. The molecule has 1 saturated heterocycles. The third-order valence-corrected chi connectivity index (χ3v) is 5.63. The molecular formula is C16H23ClN6. The zero-order valence-electron chi connectivity index (χ0n) is 14.0. The quantitative estimate of drug-likeness (QED) is 0.862. The van der Waals surface area contributed by atoms with E-state index in [4.69, 9.17) is 11.6 Å². The summed E-state index contributed by atoms with van der Waals surface area (Å²) in [6.07, 6.45) is 4.81. The number of hydrogen-bond donors (Lipinski definition) is 0. The van der Waals surface area contributed by atoms with Gasteiger partial charge in [-0.25, -0.2) is 0 Å². The van der Waals surface area contributed by atoms with Crippen molar-refractivity contribution in [1.29, 1.82) is 0 Å². The Balaban J connectivity index is 1.58. The van der Waals surface area contributed by atoms with Crippen molar-refractivity contribution in [3.05, 3.63) is 28.1 Å². The van der Waals surface area contributed by atoms with Crippen molar-refractivity contribution in [3.8, 4) is 0 Å². The molecule has 0 radical (unpaired) electrons. The highest BCUT2D eigenvalue weighted by atomic mass is 35.5. The molecule has 1 aliphatic carbocycles. The van der Waals surface area contributed by atoms with Crippen molar-refractivity contribution < 1.29 is 0 Å². The average Bonchev–Trinajstić information content (AvgIpc) is 3.08. The van der Waals surface area contributed by atoms with Crippen LogP contribution in [-0.4, -0.2) is 36.0 Å². The SMILES string of the molecule is Cc1nn(C)c(Cl)c1C1CCCN1Cc1nnc(C2CC2)n1C. The second-order valence-corrected chi connectivity index (χ2v) is 7.21. The summed E-state index contributed by atoms with van der Waals surface area (Å²) in [5.41, 5.74) is 2.21. The first kappa shape index (κ1) is 15.1. The number of aryl methyl sites for hydroxylation is 2. The normalized spacial score (nSPS) is 22.2. The summed E-state index contributed by atoms with van der Waals surface area (Å²) in [5.74, 6) is 2.83. The van der Waals surface area contributed by atoms with Gasteiger partial charge in [0.25, 0.3) is 0 Å². The van der Waals surface area contributed by atoms with Gasteiger partial charge >= 0.3 is 0 Å². The molecule has 1 atom stereocenters. The van der Waals surface area contributed by atoms with E-state index < -0.39 is 0 Å². The van der Waals surface area contributed by atoms with Gasteiger partial charge in [0.2, 0.25) is 0 Å². The number of halogens is 1. The lowest BCUT2D eigenvalue weighted by Crippen LogP contribution is -2.25. The minimum atomic E-state index is 0.331. The van der Waals surface area contributed by atoms with Crippen LogP contribution >= 0.6 is 11.6 Å². The maximum Gasteiger partial charge on any atom is 0.146 e. The highest BCUT2D eigenvalue weighted by Crippen LogP contribution is 2.40. The molecule has 2 fully saturated rings. The van der Waals surface area contributed by atoms with E-state index in [1.165, 1.54) is 24.8 Å². The van der Waals surface area contributed by atoms with E-state index in [1.807, 2.05) is 14.0 Å². The van der Waals surface area contributed by atoms with Crippen LogP contribution in [0.15, 0.2) is 0 Å². The highest BCUT2D eigenvalue weighted by molar-refractivity contribution is 6.30. The minimum Gasteiger partial charge on any atom is -0.317 e. The molecule has 3 heterocycles. The van der Waals surface area contributed by atoms with E-state index >= 15 is 0 Å². The predicted octanol–water partition coefficient (Wildman–Crippen LogP) is 2.72. The van der Waals surface area contributed by atoms with Gasteiger partial charge in [-0.1, -0.05) is 11.6 Å². The first-order valence-corrected chi connectivity index (χ1v) is 8.75. The van der Waals surface area contributed by atoms with Gasteiger partial charge in [0.1, 0.15) is 16.8 Å². The van der Waals surface area contributed by atoms with Crippen LogP contribution in [-0.2, 0) is 20.6 Å². The van der Waals surface area contributed by atoms with Crippen molar-refractivity contribution in [2.24, 2.45) is 14.1 Å². The molecule has 1 saturated carbocycles. The molecule has 124 valence electrons. The lowest BCUT2D eigenvalue weighted by Gasteiger charge is -2.24. The number of nitrogens with zero attached hydrogens (tertiary/aromatic N) is 6. The Hall–Kier alpha value is -1.40. The maximum absolute atomic E-state index is 6.49. The van der Waals surface area contributed by atoms with Gasteiger partial charge < -0.3 is 4.57 Å². The van der Waals surface area contributed by atoms with Crippen molar-refractivity contribution in [2.75, 3.05) is 6.54 Å². The average molecular weight is 335 g/mol. The second-order valence-electron chi connectivity index (χ2n) is 6.85.